The Balaban J connectivity index is 3.91. The van der Waals surface area contributed by atoms with Gasteiger partial charge in [-0.2, -0.15) is 11.8 Å². The molecule has 5 N–H and O–H groups in total. The highest BCUT2D eigenvalue weighted by Crippen LogP contribution is 2.02. The van der Waals surface area contributed by atoms with E-state index in [4.69, 9.17) is 15.6 Å². The van der Waals surface area contributed by atoms with Crippen LogP contribution < -0.4 is 16.4 Å². The highest BCUT2D eigenvalue weighted by Gasteiger charge is 2.23. The van der Waals surface area contributed by atoms with E-state index in [9.17, 15) is 14.4 Å². The third-order valence-corrected chi connectivity index (χ3v) is 3.48. The Morgan fingerprint density at radius 2 is 2.05 bits per heavy atom. The Labute approximate surface area is 133 Å². The average molecular weight is 337 g/mol. The van der Waals surface area contributed by atoms with Crippen molar-refractivity contribution in [2.24, 2.45) is 5.73 Å². The predicted molar refractivity (Wildman–Crippen MR) is 81.2 cm³/mol. The molecule has 0 fully saturated rings. The average Bonchev–Trinajstić information content (AvgIpc) is 2.51. The number of carbonyl (C=O) groups is 3. The fourth-order valence-corrected chi connectivity index (χ4v) is 2.07. The molecule has 0 aliphatic heterocycles. The van der Waals surface area contributed by atoms with Crippen LogP contribution >= 0.6 is 11.8 Å². The lowest BCUT2D eigenvalue weighted by molar-refractivity contribution is -0.146. The Morgan fingerprint density at radius 3 is 2.59 bits per heavy atom. The van der Waals surface area contributed by atoms with Gasteiger partial charge >= 0.3 is 11.9 Å². The molecule has 128 valence electrons. The first-order chi connectivity index (χ1) is 10.5. The van der Waals surface area contributed by atoms with Gasteiger partial charge in [0.1, 0.15) is 6.61 Å². The molecule has 0 aromatic carbocycles. The van der Waals surface area contributed by atoms with Crippen molar-refractivity contribution in [2.45, 2.75) is 12.1 Å². The zero-order valence-electron chi connectivity index (χ0n) is 12.7. The van der Waals surface area contributed by atoms with Crippen molar-refractivity contribution in [1.29, 1.82) is 0 Å². The number of esters is 2. The molecule has 1 amide bonds. The largest absolute Gasteiger partial charge is 0.467 e. The second-order valence-corrected chi connectivity index (χ2v) is 5.35. The second-order valence-electron chi connectivity index (χ2n) is 4.20. The van der Waals surface area contributed by atoms with E-state index in [1.807, 2.05) is 0 Å². The minimum Gasteiger partial charge on any atom is -0.467 e. The van der Waals surface area contributed by atoms with E-state index in [-0.39, 0.29) is 24.9 Å². The van der Waals surface area contributed by atoms with Crippen LogP contribution in [0.1, 0.15) is 0 Å². The van der Waals surface area contributed by atoms with E-state index >= 15 is 0 Å². The molecule has 0 aliphatic rings. The van der Waals surface area contributed by atoms with Gasteiger partial charge in [-0.05, 0) is 7.05 Å². The van der Waals surface area contributed by atoms with Crippen molar-refractivity contribution < 1.29 is 29.0 Å². The van der Waals surface area contributed by atoms with Gasteiger partial charge in [-0.15, -0.1) is 0 Å². The predicted octanol–water partition coefficient (Wildman–Crippen LogP) is -2.54. The SMILES string of the molecule is CNCC(=O)OCCSCC(N)C(=O)NC(CO)C(=O)OC. The Kier molecular flexibility index (Phi) is 11.5. The van der Waals surface area contributed by atoms with E-state index in [0.29, 0.717) is 5.75 Å². The molecule has 10 heteroatoms. The van der Waals surface area contributed by atoms with Crippen LogP contribution in [0, 0.1) is 0 Å². The molecule has 0 aliphatic carbocycles. The van der Waals surface area contributed by atoms with E-state index in [1.54, 1.807) is 7.05 Å². The van der Waals surface area contributed by atoms with E-state index in [2.05, 4.69) is 15.4 Å². The Morgan fingerprint density at radius 1 is 1.36 bits per heavy atom. The molecule has 9 nitrogen and oxygen atoms in total. The summed E-state index contributed by atoms with van der Waals surface area (Å²) in [5, 5.41) is 13.9. The molecular formula is C12H23N3O6S. The molecule has 0 heterocycles. The van der Waals surface area contributed by atoms with Gasteiger partial charge < -0.3 is 30.9 Å². The third kappa shape index (κ3) is 8.82. The maximum absolute atomic E-state index is 11.7. The number of amides is 1. The normalized spacial score (nSPS) is 13.1. The number of hydrogen-bond acceptors (Lipinski definition) is 9. The van der Waals surface area contributed by atoms with Gasteiger partial charge in [0.2, 0.25) is 5.91 Å². The minimum atomic E-state index is -1.13. The Hall–Kier alpha value is -1.36. The number of carbonyl (C=O) groups excluding carboxylic acids is 3. The fourth-order valence-electron chi connectivity index (χ4n) is 1.30. The van der Waals surface area contributed by atoms with Crippen molar-refractivity contribution in [3.05, 3.63) is 0 Å². The van der Waals surface area contributed by atoms with E-state index in [0.717, 1.165) is 7.11 Å². The molecule has 22 heavy (non-hydrogen) atoms. The second kappa shape index (κ2) is 12.2. The van der Waals surface area contributed by atoms with Gasteiger partial charge in [-0.1, -0.05) is 0 Å². The number of aliphatic hydroxyl groups excluding tert-OH is 1. The summed E-state index contributed by atoms with van der Waals surface area (Å²) in [6, 6.07) is -1.98. The van der Waals surface area contributed by atoms with Crippen LogP contribution in [0.3, 0.4) is 0 Å². The van der Waals surface area contributed by atoms with Crippen molar-refractivity contribution in [3.63, 3.8) is 0 Å². The summed E-state index contributed by atoms with van der Waals surface area (Å²) in [6.45, 7) is -0.205. The maximum Gasteiger partial charge on any atom is 0.330 e. The number of ether oxygens (including phenoxy) is 2. The van der Waals surface area contributed by atoms with Gasteiger partial charge in [0.25, 0.3) is 0 Å². The van der Waals surface area contributed by atoms with Crippen molar-refractivity contribution in [2.75, 3.05) is 45.4 Å². The molecule has 0 spiro atoms. The van der Waals surface area contributed by atoms with Crippen molar-refractivity contribution in [3.8, 4) is 0 Å². The van der Waals surface area contributed by atoms with Crippen LogP contribution in [-0.2, 0) is 23.9 Å². The lowest BCUT2D eigenvalue weighted by Gasteiger charge is -2.17. The summed E-state index contributed by atoms with van der Waals surface area (Å²) in [5.74, 6) is -0.878. The molecule has 0 rings (SSSR count). The number of hydrogen-bond donors (Lipinski definition) is 4. The van der Waals surface area contributed by atoms with Gasteiger partial charge in [0, 0.05) is 11.5 Å². The molecular weight excluding hydrogens is 314 g/mol. The summed E-state index contributed by atoms with van der Waals surface area (Å²) in [6.07, 6.45) is 0. The third-order valence-electron chi connectivity index (χ3n) is 2.43. The number of methoxy groups -OCH3 is 1. The van der Waals surface area contributed by atoms with Gasteiger partial charge in [-0.25, -0.2) is 4.79 Å². The molecule has 2 unspecified atom stereocenters. The lowest BCUT2D eigenvalue weighted by Crippen LogP contribution is -2.51. The minimum absolute atomic E-state index is 0.142. The standard InChI is InChI=1S/C12H23N3O6S/c1-14-5-10(17)21-3-4-22-7-8(13)11(18)15-9(6-16)12(19)20-2/h8-9,14,16H,3-7,13H2,1-2H3,(H,15,18). The summed E-state index contributed by atoms with van der Waals surface area (Å²) in [7, 11) is 2.80. The first-order valence-electron chi connectivity index (χ1n) is 6.58. The van der Waals surface area contributed by atoms with E-state index < -0.39 is 30.6 Å². The van der Waals surface area contributed by atoms with Gasteiger partial charge in [0.05, 0.1) is 26.3 Å². The first-order valence-corrected chi connectivity index (χ1v) is 7.74. The number of aliphatic hydroxyl groups is 1. The van der Waals surface area contributed by atoms with Crippen molar-refractivity contribution >= 4 is 29.6 Å². The number of likely N-dealkylation sites (N-methyl/N-ethyl adjacent to an activating group) is 1. The molecule has 0 aromatic heterocycles. The van der Waals surface area contributed by atoms with Crippen molar-refractivity contribution in [1.82, 2.24) is 10.6 Å². The number of nitrogens with two attached hydrogens (primary N) is 1. The zero-order chi connectivity index (χ0) is 17.0. The quantitative estimate of drug-likeness (QED) is 0.237. The monoisotopic (exact) mass is 337 g/mol. The summed E-state index contributed by atoms with van der Waals surface area (Å²) in [5.41, 5.74) is 5.67. The molecule has 0 saturated carbocycles. The molecule has 0 aromatic rings. The molecule has 0 radical (unpaired) electrons. The maximum atomic E-state index is 11.7. The smallest absolute Gasteiger partial charge is 0.330 e. The van der Waals surface area contributed by atoms with Crippen LogP contribution in [0.2, 0.25) is 0 Å². The van der Waals surface area contributed by atoms with Crippen LogP contribution in [0.15, 0.2) is 0 Å². The molecule has 0 saturated heterocycles. The first kappa shape index (κ1) is 20.6. The summed E-state index contributed by atoms with van der Waals surface area (Å²) >= 11 is 1.34. The van der Waals surface area contributed by atoms with Gasteiger partial charge in [-0.3, -0.25) is 9.59 Å². The highest BCUT2D eigenvalue weighted by molar-refractivity contribution is 7.99. The van der Waals surface area contributed by atoms with E-state index in [1.165, 1.54) is 11.8 Å². The Bertz CT molecular complexity index is 369. The number of thioether (sulfide) groups is 1. The molecule has 2 atom stereocenters. The summed E-state index contributed by atoms with van der Waals surface area (Å²) < 4.78 is 9.32. The fraction of sp³-hybridized carbons (Fsp3) is 0.750. The zero-order valence-corrected chi connectivity index (χ0v) is 13.5. The van der Waals surface area contributed by atoms with Crippen LogP contribution in [0.5, 0.6) is 0 Å². The van der Waals surface area contributed by atoms with Crippen LogP contribution in [0.4, 0.5) is 0 Å². The summed E-state index contributed by atoms with van der Waals surface area (Å²) in [4.78, 5) is 34.0. The lowest BCUT2D eigenvalue weighted by atomic mass is 10.2. The van der Waals surface area contributed by atoms with Crippen LogP contribution in [0.25, 0.3) is 0 Å². The molecule has 0 bridgehead atoms. The van der Waals surface area contributed by atoms with Gasteiger partial charge in [0.15, 0.2) is 6.04 Å². The van der Waals surface area contributed by atoms with Crippen LogP contribution in [-0.4, -0.2) is 80.5 Å². The topological polar surface area (TPSA) is 140 Å². The number of rotatable bonds is 11. The highest BCUT2D eigenvalue weighted by atomic mass is 32.2. The number of nitrogens with one attached hydrogen (secondary N) is 2.